The first-order chi connectivity index (χ1) is 9.70. The number of hydrogen-bond acceptors (Lipinski definition) is 4. The maximum atomic E-state index is 13.5. The molecule has 1 aromatic carbocycles. The van der Waals surface area contributed by atoms with Crippen LogP contribution in [0.25, 0.3) is 0 Å². The molecule has 2 aromatic rings. The van der Waals surface area contributed by atoms with Crippen LogP contribution in [0.15, 0.2) is 22.7 Å². The topological polar surface area (TPSA) is 51.0 Å². The largest absolute Gasteiger partial charge is 0.339 e. The Labute approximate surface area is 115 Å². The zero-order chi connectivity index (χ0) is 13.9. The van der Waals surface area contributed by atoms with Gasteiger partial charge in [-0.2, -0.15) is 4.98 Å². The number of nitrogens with one attached hydrogen (secondary N) is 1. The molecule has 1 atom stereocenters. The molecule has 1 unspecified atom stereocenters. The van der Waals surface area contributed by atoms with Crippen molar-refractivity contribution in [2.24, 2.45) is 5.92 Å². The fraction of sp³-hybridized carbons (Fsp3) is 0.429. The van der Waals surface area contributed by atoms with Crippen molar-refractivity contribution < 1.29 is 13.3 Å². The van der Waals surface area contributed by atoms with Gasteiger partial charge in [-0.25, -0.2) is 8.78 Å². The number of halogens is 2. The minimum absolute atomic E-state index is 0.207. The first kappa shape index (κ1) is 13.2. The molecule has 106 valence electrons. The van der Waals surface area contributed by atoms with Gasteiger partial charge in [-0.3, -0.25) is 0 Å². The molecule has 0 saturated carbocycles. The van der Waals surface area contributed by atoms with Crippen LogP contribution in [0.3, 0.4) is 0 Å². The maximum absolute atomic E-state index is 13.5. The molecule has 0 radical (unpaired) electrons. The molecular weight excluding hydrogens is 264 g/mol. The Morgan fingerprint density at radius 2 is 2.25 bits per heavy atom. The Hall–Kier alpha value is -1.82. The van der Waals surface area contributed by atoms with Gasteiger partial charge in [0.05, 0.1) is 0 Å². The van der Waals surface area contributed by atoms with E-state index in [0.717, 1.165) is 32.0 Å². The van der Waals surface area contributed by atoms with E-state index in [1.165, 1.54) is 12.1 Å². The van der Waals surface area contributed by atoms with Gasteiger partial charge in [0.15, 0.2) is 5.82 Å². The van der Waals surface area contributed by atoms with Gasteiger partial charge < -0.3 is 9.84 Å². The van der Waals surface area contributed by atoms with Gasteiger partial charge in [0.25, 0.3) is 0 Å². The Morgan fingerprint density at radius 3 is 3.00 bits per heavy atom. The molecule has 1 aliphatic rings. The van der Waals surface area contributed by atoms with E-state index in [9.17, 15) is 8.78 Å². The zero-order valence-corrected chi connectivity index (χ0v) is 10.9. The van der Waals surface area contributed by atoms with E-state index in [4.69, 9.17) is 4.52 Å². The highest BCUT2D eigenvalue weighted by Crippen LogP contribution is 2.16. The zero-order valence-electron chi connectivity index (χ0n) is 10.9. The highest BCUT2D eigenvalue weighted by Gasteiger charge is 2.18. The van der Waals surface area contributed by atoms with E-state index in [1.54, 1.807) is 0 Å². The minimum atomic E-state index is -0.589. The van der Waals surface area contributed by atoms with Crippen LogP contribution in [0, 0.1) is 17.6 Å². The SMILES string of the molecule is Fc1ccc(Cc2noc(CC3CCNC3)n2)c(F)c1. The average molecular weight is 279 g/mol. The molecule has 1 aliphatic heterocycles. The van der Waals surface area contributed by atoms with E-state index in [-0.39, 0.29) is 6.42 Å². The third-order valence-electron chi connectivity index (χ3n) is 3.50. The molecular formula is C14H15F2N3O. The Balaban J connectivity index is 1.67. The first-order valence-electron chi connectivity index (χ1n) is 6.67. The Bertz CT molecular complexity index is 594. The summed E-state index contributed by atoms with van der Waals surface area (Å²) < 4.78 is 31.5. The third kappa shape index (κ3) is 3.01. The van der Waals surface area contributed by atoms with Crippen molar-refractivity contribution in [2.75, 3.05) is 13.1 Å². The lowest BCUT2D eigenvalue weighted by molar-refractivity contribution is 0.354. The quantitative estimate of drug-likeness (QED) is 0.931. The predicted molar refractivity (Wildman–Crippen MR) is 68.1 cm³/mol. The molecule has 0 amide bonds. The molecule has 1 saturated heterocycles. The molecule has 4 nitrogen and oxygen atoms in total. The summed E-state index contributed by atoms with van der Waals surface area (Å²) in [6.07, 6.45) is 2.05. The molecule has 0 spiro atoms. The van der Waals surface area contributed by atoms with Crippen LogP contribution in [0.5, 0.6) is 0 Å². The van der Waals surface area contributed by atoms with E-state index >= 15 is 0 Å². The average Bonchev–Trinajstić information content (AvgIpc) is 3.06. The van der Waals surface area contributed by atoms with Gasteiger partial charge in [0, 0.05) is 18.9 Å². The summed E-state index contributed by atoms with van der Waals surface area (Å²) in [5, 5.41) is 7.13. The normalized spacial score (nSPS) is 18.6. The van der Waals surface area contributed by atoms with Crippen molar-refractivity contribution in [1.82, 2.24) is 15.5 Å². The second-order valence-electron chi connectivity index (χ2n) is 5.08. The summed E-state index contributed by atoms with van der Waals surface area (Å²) in [6, 6.07) is 3.49. The summed E-state index contributed by atoms with van der Waals surface area (Å²) in [5.74, 6) is 0.351. The fourth-order valence-electron chi connectivity index (χ4n) is 2.42. The monoisotopic (exact) mass is 279 g/mol. The number of rotatable bonds is 4. The summed E-state index contributed by atoms with van der Waals surface area (Å²) in [7, 11) is 0. The van der Waals surface area contributed by atoms with Crippen molar-refractivity contribution in [3.8, 4) is 0 Å². The standard InChI is InChI=1S/C14H15F2N3O/c15-11-2-1-10(12(16)7-11)6-13-18-14(20-19-13)5-9-3-4-17-8-9/h1-2,7,9,17H,3-6,8H2. The molecule has 1 N–H and O–H groups in total. The number of nitrogens with zero attached hydrogens (tertiary/aromatic N) is 2. The van der Waals surface area contributed by atoms with Gasteiger partial charge in [-0.1, -0.05) is 11.2 Å². The molecule has 20 heavy (non-hydrogen) atoms. The smallest absolute Gasteiger partial charge is 0.226 e. The Morgan fingerprint density at radius 1 is 1.35 bits per heavy atom. The van der Waals surface area contributed by atoms with Crippen LogP contribution in [-0.2, 0) is 12.8 Å². The molecule has 0 aliphatic carbocycles. The summed E-state index contributed by atoms with van der Waals surface area (Å²) in [5.41, 5.74) is 0.362. The van der Waals surface area contributed by atoms with Gasteiger partial charge >= 0.3 is 0 Å². The highest BCUT2D eigenvalue weighted by atomic mass is 19.1. The summed E-state index contributed by atoms with van der Waals surface area (Å²) >= 11 is 0. The first-order valence-corrected chi connectivity index (χ1v) is 6.67. The van der Waals surface area contributed by atoms with Crippen molar-refractivity contribution >= 4 is 0 Å². The second kappa shape index (κ2) is 5.66. The molecule has 1 aromatic heterocycles. The van der Waals surface area contributed by atoms with Crippen LogP contribution in [0.2, 0.25) is 0 Å². The van der Waals surface area contributed by atoms with Crippen LogP contribution >= 0.6 is 0 Å². The van der Waals surface area contributed by atoms with Crippen molar-refractivity contribution in [3.05, 3.63) is 47.1 Å². The van der Waals surface area contributed by atoms with Crippen molar-refractivity contribution in [2.45, 2.75) is 19.3 Å². The van der Waals surface area contributed by atoms with E-state index in [2.05, 4.69) is 15.5 Å². The van der Waals surface area contributed by atoms with Gasteiger partial charge in [-0.05, 0) is 37.1 Å². The lowest BCUT2D eigenvalue weighted by atomic mass is 10.1. The lowest BCUT2D eigenvalue weighted by Crippen LogP contribution is -2.10. The fourth-order valence-corrected chi connectivity index (χ4v) is 2.42. The second-order valence-corrected chi connectivity index (χ2v) is 5.08. The van der Waals surface area contributed by atoms with Crippen LogP contribution in [-0.4, -0.2) is 23.2 Å². The van der Waals surface area contributed by atoms with E-state index in [1.807, 2.05) is 0 Å². The molecule has 0 bridgehead atoms. The number of benzene rings is 1. The van der Waals surface area contributed by atoms with Crippen LogP contribution in [0.1, 0.15) is 23.7 Å². The van der Waals surface area contributed by atoms with Crippen molar-refractivity contribution in [1.29, 1.82) is 0 Å². The Kier molecular flexibility index (Phi) is 3.73. The van der Waals surface area contributed by atoms with Crippen LogP contribution < -0.4 is 5.32 Å². The van der Waals surface area contributed by atoms with E-state index in [0.29, 0.717) is 23.2 Å². The molecule has 2 heterocycles. The number of aromatic nitrogens is 2. The summed E-state index contributed by atoms with van der Waals surface area (Å²) in [6.45, 7) is 1.98. The molecule has 6 heteroatoms. The maximum Gasteiger partial charge on any atom is 0.226 e. The third-order valence-corrected chi connectivity index (χ3v) is 3.50. The van der Waals surface area contributed by atoms with E-state index < -0.39 is 11.6 Å². The summed E-state index contributed by atoms with van der Waals surface area (Å²) in [4.78, 5) is 4.27. The van der Waals surface area contributed by atoms with Crippen LogP contribution in [0.4, 0.5) is 8.78 Å². The molecule has 3 rings (SSSR count). The van der Waals surface area contributed by atoms with Gasteiger partial charge in [0.2, 0.25) is 5.89 Å². The van der Waals surface area contributed by atoms with Gasteiger partial charge in [0.1, 0.15) is 11.6 Å². The predicted octanol–water partition coefficient (Wildman–Crippen LogP) is 2.09. The molecule has 1 fully saturated rings. The lowest BCUT2D eigenvalue weighted by Gasteiger charge is -2.02. The number of hydrogen-bond donors (Lipinski definition) is 1. The highest BCUT2D eigenvalue weighted by molar-refractivity contribution is 5.21. The van der Waals surface area contributed by atoms with Crippen molar-refractivity contribution in [3.63, 3.8) is 0 Å². The minimum Gasteiger partial charge on any atom is -0.339 e. The van der Waals surface area contributed by atoms with Gasteiger partial charge in [-0.15, -0.1) is 0 Å².